The number of nitrogens with one attached hydrogen (secondary N) is 1. The van der Waals surface area contributed by atoms with Gasteiger partial charge in [0.1, 0.15) is 5.82 Å². The molecule has 1 N–H and O–H groups in total. The van der Waals surface area contributed by atoms with Crippen LogP contribution in [0.25, 0.3) is 0 Å². The topological polar surface area (TPSA) is 12.0 Å². The van der Waals surface area contributed by atoms with E-state index in [1.165, 1.54) is 31.7 Å². The standard InChI is InChI=1S/C16H25BrFN/c1-4-6-12(7-5-2)16(19-3)11-13-10-14(18)8-9-15(13)17/h8-10,12,16,19H,4-7,11H2,1-3H3. The largest absolute Gasteiger partial charge is 0.316 e. The Balaban J connectivity index is 2.81. The van der Waals surface area contributed by atoms with Crippen molar-refractivity contribution in [1.82, 2.24) is 5.32 Å². The van der Waals surface area contributed by atoms with Crippen LogP contribution in [0.3, 0.4) is 0 Å². The van der Waals surface area contributed by atoms with Crippen LogP contribution in [0.4, 0.5) is 4.39 Å². The van der Waals surface area contributed by atoms with Crippen molar-refractivity contribution in [3.8, 4) is 0 Å². The molecule has 0 saturated carbocycles. The summed E-state index contributed by atoms with van der Waals surface area (Å²) >= 11 is 3.52. The Morgan fingerprint density at radius 1 is 1.21 bits per heavy atom. The predicted octanol–water partition coefficient (Wildman–Crippen LogP) is 4.94. The van der Waals surface area contributed by atoms with E-state index in [0.29, 0.717) is 12.0 Å². The van der Waals surface area contributed by atoms with Gasteiger partial charge in [-0.15, -0.1) is 0 Å². The molecule has 0 radical (unpaired) electrons. The molecule has 1 rings (SSSR count). The summed E-state index contributed by atoms with van der Waals surface area (Å²) < 4.78 is 14.4. The van der Waals surface area contributed by atoms with Crippen LogP contribution in [0.1, 0.15) is 45.1 Å². The first-order chi connectivity index (χ1) is 9.12. The molecule has 1 aromatic carbocycles. The van der Waals surface area contributed by atoms with Crippen LogP contribution in [0.15, 0.2) is 22.7 Å². The van der Waals surface area contributed by atoms with Gasteiger partial charge in [-0.1, -0.05) is 42.6 Å². The van der Waals surface area contributed by atoms with E-state index in [9.17, 15) is 4.39 Å². The lowest BCUT2D eigenvalue weighted by molar-refractivity contribution is 0.322. The Morgan fingerprint density at radius 3 is 2.37 bits per heavy atom. The van der Waals surface area contributed by atoms with Gasteiger partial charge in [-0.2, -0.15) is 0 Å². The summed E-state index contributed by atoms with van der Waals surface area (Å²) in [5.41, 5.74) is 1.05. The second-order valence-corrected chi connectivity index (χ2v) is 6.03. The molecule has 1 aromatic rings. The molecular formula is C16H25BrFN. The van der Waals surface area contributed by atoms with Gasteiger partial charge >= 0.3 is 0 Å². The van der Waals surface area contributed by atoms with E-state index >= 15 is 0 Å². The van der Waals surface area contributed by atoms with Gasteiger partial charge in [0.25, 0.3) is 0 Å². The number of hydrogen-bond donors (Lipinski definition) is 1. The summed E-state index contributed by atoms with van der Waals surface area (Å²) in [7, 11) is 2.01. The maximum absolute atomic E-state index is 13.4. The van der Waals surface area contributed by atoms with E-state index < -0.39 is 0 Å². The van der Waals surface area contributed by atoms with Crippen molar-refractivity contribution in [3.63, 3.8) is 0 Å². The summed E-state index contributed by atoms with van der Waals surface area (Å²) in [6.07, 6.45) is 5.73. The van der Waals surface area contributed by atoms with E-state index in [1.54, 1.807) is 12.1 Å². The number of likely N-dealkylation sites (N-methyl/N-ethyl adjacent to an activating group) is 1. The molecule has 0 aliphatic rings. The fourth-order valence-electron chi connectivity index (χ4n) is 2.73. The Morgan fingerprint density at radius 2 is 1.84 bits per heavy atom. The van der Waals surface area contributed by atoms with E-state index in [1.807, 2.05) is 7.05 Å². The third-order valence-corrected chi connectivity index (χ3v) is 4.48. The molecule has 1 nitrogen and oxygen atoms in total. The lowest BCUT2D eigenvalue weighted by Crippen LogP contribution is -2.35. The summed E-state index contributed by atoms with van der Waals surface area (Å²) in [4.78, 5) is 0. The summed E-state index contributed by atoms with van der Waals surface area (Å²) in [6.45, 7) is 4.46. The highest BCUT2D eigenvalue weighted by atomic mass is 79.9. The first kappa shape index (κ1) is 16.6. The minimum atomic E-state index is -0.157. The van der Waals surface area contributed by atoms with Gasteiger partial charge in [0.2, 0.25) is 0 Å². The molecule has 3 heteroatoms. The molecule has 1 atom stereocenters. The first-order valence-electron chi connectivity index (χ1n) is 7.23. The molecule has 0 aromatic heterocycles. The molecule has 19 heavy (non-hydrogen) atoms. The molecule has 0 fully saturated rings. The van der Waals surface area contributed by atoms with Crippen LogP contribution in [0.2, 0.25) is 0 Å². The highest BCUT2D eigenvalue weighted by Crippen LogP contribution is 2.25. The molecular weight excluding hydrogens is 305 g/mol. The predicted molar refractivity (Wildman–Crippen MR) is 84.0 cm³/mol. The fourth-order valence-corrected chi connectivity index (χ4v) is 3.14. The van der Waals surface area contributed by atoms with Gasteiger partial charge in [-0.05, 0) is 56.0 Å². The molecule has 0 amide bonds. The lowest BCUT2D eigenvalue weighted by atomic mass is 9.87. The molecule has 0 spiro atoms. The van der Waals surface area contributed by atoms with Crippen molar-refractivity contribution in [1.29, 1.82) is 0 Å². The normalized spacial score (nSPS) is 12.9. The molecule has 0 aliphatic heterocycles. The lowest BCUT2D eigenvalue weighted by Gasteiger charge is -2.27. The fraction of sp³-hybridized carbons (Fsp3) is 0.625. The Hall–Kier alpha value is -0.410. The van der Waals surface area contributed by atoms with Crippen molar-refractivity contribution in [2.45, 2.75) is 52.0 Å². The molecule has 0 aliphatic carbocycles. The van der Waals surface area contributed by atoms with Gasteiger partial charge in [0, 0.05) is 10.5 Å². The number of benzene rings is 1. The second-order valence-electron chi connectivity index (χ2n) is 5.17. The van der Waals surface area contributed by atoms with Crippen molar-refractivity contribution in [3.05, 3.63) is 34.1 Å². The smallest absolute Gasteiger partial charge is 0.123 e. The van der Waals surface area contributed by atoms with Crippen LogP contribution in [-0.4, -0.2) is 13.1 Å². The monoisotopic (exact) mass is 329 g/mol. The first-order valence-corrected chi connectivity index (χ1v) is 8.02. The Kier molecular flexibility index (Phi) is 7.62. The zero-order valence-corrected chi connectivity index (χ0v) is 13.8. The maximum Gasteiger partial charge on any atom is 0.123 e. The zero-order valence-electron chi connectivity index (χ0n) is 12.2. The third kappa shape index (κ3) is 5.23. The van der Waals surface area contributed by atoms with Crippen LogP contribution < -0.4 is 5.32 Å². The van der Waals surface area contributed by atoms with Crippen LogP contribution >= 0.6 is 15.9 Å². The summed E-state index contributed by atoms with van der Waals surface area (Å²) in [5.74, 6) is 0.505. The molecule has 1 unspecified atom stereocenters. The van der Waals surface area contributed by atoms with Crippen molar-refractivity contribution in [2.24, 2.45) is 5.92 Å². The Bertz CT molecular complexity index is 375. The van der Waals surface area contributed by atoms with Gasteiger partial charge < -0.3 is 5.32 Å². The van der Waals surface area contributed by atoms with E-state index in [2.05, 4.69) is 35.1 Å². The number of hydrogen-bond acceptors (Lipinski definition) is 1. The third-order valence-electron chi connectivity index (χ3n) is 3.71. The van der Waals surface area contributed by atoms with Gasteiger partial charge in [-0.25, -0.2) is 4.39 Å². The highest BCUT2D eigenvalue weighted by molar-refractivity contribution is 9.10. The van der Waals surface area contributed by atoms with Gasteiger partial charge in [-0.3, -0.25) is 0 Å². The van der Waals surface area contributed by atoms with E-state index in [-0.39, 0.29) is 5.82 Å². The molecule has 108 valence electrons. The molecule has 0 saturated heterocycles. The molecule has 0 heterocycles. The van der Waals surface area contributed by atoms with E-state index in [4.69, 9.17) is 0 Å². The van der Waals surface area contributed by atoms with Crippen LogP contribution in [0, 0.1) is 11.7 Å². The van der Waals surface area contributed by atoms with E-state index in [0.717, 1.165) is 16.5 Å². The van der Waals surface area contributed by atoms with Crippen LogP contribution in [-0.2, 0) is 6.42 Å². The average Bonchev–Trinajstić information content (AvgIpc) is 2.39. The van der Waals surface area contributed by atoms with Gasteiger partial charge in [0.15, 0.2) is 0 Å². The quantitative estimate of drug-likeness (QED) is 0.712. The number of halogens is 2. The highest BCUT2D eigenvalue weighted by Gasteiger charge is 2.20. The SMILES string of the molecule is CCCC(CCC)C(Cc1cc(F)ccc1Br)NC. The summed E-state index contributed by atoms with van der Waals surface area (Å²) in [6, 6.07) is 5.35. The van der Waals surface area contributed by atoms with Crippen molar-refractivity contribution >= 4 is 15.9 Å². The van der Waals surface area contributed by atoms with Crippen LogP contribution in [0.5, 0.6) is 0 Å². The van der Waals surface area contributed by atoms with Gasteiger partial charge in [0.05, 0.1) is 0 Å². The minimum absolute atomic E-state index is 0.157. The second kappa shape index (κ2) is 8.70. The van der Waals surface area contributed by atoms with Crippen molar-refractivity contribution in [2.75, 3.05) is 7.05 Å². The minimum Gasteiger partial charge on any atom is -0.316 e. The zero-order chi connectivity index (χ0) is 14.3. The average molecular weight is 330 g/mol. The summed E-state index contributed by atoms with van der Waals surface area (Å²) in [5, 5.41) is 3.42. The number of rotatable bonds is 8. The molecule has 0 bridgehead atoms. The maximum atomic E-state index is 13.4. The Labute approximate surface area is 125 Å². The van der Waals surface area contributed by atoms with Crippen molar-refractivity contribution < 1.29 is 4.39 Å².